The molecule has 1 amide bonds. The van der Waals surface area contributed by atoms with Crippen LogP contribution in [0.25, 0.3) is 6.08 Å². The van der Waals surface area contributed by atoms with Gasteiger partial charge in [-0.1, -0.05) is 42.0 Å². The largest absolute Gasteiger partial charge is 0.483 e. The van der Waals surface area contributed by atoms with Crippen LogP contribution in [-0.2, 0) is 4.79 Å². The maximum absolute atomic E-state index is 12.1. The molecule has 2 aromatic carbocycles. The Labute approximate surface area is 168 Å². The fraction of sp³-hybridized carbons (Fsp3) is 0.130. The van der Waals surface area contributed by atoms with Crippen molar-refractivity contribution in [3.05, 3.63) is 87.6 Å². The SMILES string of the molecule is Cc1ccc(OCC(=O)Nc2ccc(/C=C/C(=O)c3cccs3)cc2)c(C)c1. The highest BCUT2D eigenvalue weighted by Gasteiger charge is 2.06. The van der Waals surface area contributed by atoms with Crippen LogP contribution in [0.2, 0.25) is 0 Å². The van der Waals surface area contributed by atoms with Crippen molar-refractivity contribution in [3.63, 3.8) is 0 Å². The van der Waals surface area contributed by atoms with Gasteiger partial charge in [-0.25, -0.2) is 0 Å². The molecule has 0 aliphatic heterocycles. The summed E-state index contributed by atoms with van der Waals surface area (Å²) >= 11 is 1.42. The third-order valence-corrected chi connectivity index (χ3v) is 4.96. The van der Waals surface area contributed by atoms with Crippen LogP contribution in [0.1, 0.15) is 26.4 Å². The lowest BCUT2D eigenvalue weighted by molar-refractivity contribution is -0.118. The summed E-state index contributed by atoms with van der Waals surface area (Å²) in [5, 5.41) is 4.68. The molecule has 142 valence electrons. The van der Waals surface area contributed by atoms with Gasteiger partial charge < -0.3 is 10.1 Å². The van der Waals surface area contributed by atoms with Crippen LogP contribution in [0.3, 0.4) is 0 Å². The van der Waals surface area contributed by atoms with Gasteiger partial charge in [0.05, 0.1) is 4.88 Å². The van der Waals surface area contributed by atoms with Crippen LogP contribution in [0, 0.1) is 13.8 Å². The van der Waals surface area contributed by atoms with E-state index in [2.05, 4.69) is 5.32 Å². The van der Waals surface area contributed by atoms with Gasteiger partial charge in [-0.3, -0.25) is 9.59 Å². The van der Waals surface area contributed by atoms with Gasteiger partial charge >= 0.3 is 0 Å². The van der Waals surface area contributed by atoms with E-state index in [-0.39, 0.29) is 18.3 Å². The average molecular weight is 391 g/mol. The first kappa shape index (κ1) is 19.6. The number of amides is 1. The predicted octanol–water partition coefficient (Wildman–Crippen LogP) is 5.28. The van der Waals surface area contributed by atoms with Crippen LogP contribution in [0.15, 0.2) is 66.1 Å². The lowest BCUT2D eigenvalue weighted by Crippen LogP contribution is -2.20. The molecule has 3 aromatic rings. The van der Waals surface area contributed by atoms with Crippen molar-refractivity contribution >= 4 is 34.8 Å². The molecule has 0 spiro atoms. The van der Waals surface area contributed by atoms with Crippen LogP contribution < -0.4 is 10.1 Å². The number of rotatable bonds is 7. The zero-order valence-electron chi connectivity index (χ0n) is 15.8. The zero-order valence-corrected chi connectivity index (χ0v) is 16.6. The van der Waals surface area contributed by atoms with Crippen molar-refractivity contribution in [2.75, 3.05) is 11.9 Å². The number of ketones is 1. The van der Waals surface area contributed by atoms with E-state index in [4.69, 9.17) is 4.74 Å². The highest BCUT2D eigenvalue weighted by Crippen LogP contribution is 2.19. The summed E-state index contributed by atoms with van der Waals surface area (Å²) in [5.74, 6) is 0.462. The molecule has 0 atom stereocenters. The molecular formula is C23H21NO3S. The molecule has 4 nitrogen and oxygen atoms in total. The summed E-state index contributed by atoms with van der Waals surface area (Å²) in [6, 6.07) is 16.8. The molecule has 28 heavy (non-hydrogen) atoms. The molecule has 3 rings (SSSR count). The molecular weight excluding hydrogens is 370 g/mol. The van der Waals surface area contributed by atoms with Crippen molar-refractivity contribution in [2.24, 2.45) is 0 Å². The molecule has 0 saturated heterocycles. The van der Waals surface area contributed by atoms with E-state index < -0.39 is 0 Å². The highest BCUT2D eigenvalue weighted by atomic mass is 32.1. The number of nitrogens with one attached hydrogen (secondary N) is 1. The minimum Gasteiger partial charge on any atom is -0.483 e. The van der Waals surface area contributed by atoms with E-state index in [1.165, 1.54) is 11.3 Å². The normalized spacial score (nSPS) is 10.8. The van der Waals surface area contributed by atoms with Crippen molar-refractivity contribution in [2.45, 2.75) is 13.8 Å². The van der Waals surface area contributed by atoms with E-state index in [0.717, 1.165) is 16.7 Å². The molecule has 0 radical (unpaired) electrons. The molecule has 0 fully saturated rings. The van der Waals surface area contributed by atoms with Gasteiger partial charge in [-0.05, 0) is 60.7 Å². The first-order chi connectivity index (χ1) is 13.5. The molecule has 0 aliphatic carbocycles. The molecule has 0 aliphatic rings. The second-order valence-electron chi connectivity index (χ2n) is 6.40. The average Bonchev–Trinajstić information content (AvgIpc) is 3.21. The monoisotopic (exact) mass is 391 g/mol. The Kier molecular flexibility index (Phi) is 6.40. The Bertz CT molecular complexity index is 989. The molecule has 1 aromatic heterocycles. The van der Waals surface area contributed by atoms with E-state index >= 15 is 0 Å². The minimum atomic E-state index is -0.226. The number of thiophene rings is 1. The molecule has 0 unspecified atom stereocenters. The van der Waals surface area contributed by atoms with Crippen LogP contribution in [0.4, 0.5) is 5.69 Å². The quantitative estimate of drug-likeness (QED) is 0.440. The number of ether oxygens (including phenoxy) is 1. The third kappa shape index (κ3) is 5.41. The van der Waals surface area contributed by atoms with Crippen LogP contribution in [0.5, 0.6) is 5.75 Å². The van der Waals surface area contributed by atoms with E-state index in [1.807, 2.05) is 55.6 Å². The van der Waals surface area contributed by atoms with Crippen LogP contribution in [-0.4, -0.2) is 18.3 Å². The standard InChI is InChI=1S/C23H21NO3S/c1-16-5-12-21(17(2)14-16)27-15-23(26)24-19-9-6-18(7-10-19)8-11-20(25)22-4-3-13-28-22/h3-14H,15H2,1-2H3,(H,24,26)/b11-8+. The van der Waals surface area contributed by atoms with E-state index in [1.54, 1.807) is 30.4 Å². The topological polar surface area (TPSA) is 55.4 Å². The summed E-state index contributed by atoms with van der Waals surface area (Å²) in [5.41, 5.74) is 3.71. The molecule has 0 saturated carbocycles. The smallest absolute Gasteiger partial charge is 0.262 e. The van der Waals surface area contributed by atoms with Gasteiger partial charge in [0.25, 0.3) is 5.91 Å². The molecule has 5 heteroatoms. The molecule has 0 bridgehead atoms. The highest BCUT2D eigenvalue weighted by molar-refractivity contribution is 7.12. The first-order valence-corrected chi connectivity index (χ1v) is 9.75. The summed E-state index contributed by atoms with van der Waals surface area (Å²) in [6.45, 7) is 3.91. The van der Waals surface area contributed by atoms with Crippen LogP contribution >= 0.6 is 11.3 Å². The van der Waals surface area contributed by atoms with Crippen molar-refractivity contribution in [1.29, 1.82) is 0 Å². The number of carbonyl (C=O) groups is 2. The molecule has 1 N–H and O–H groups in total. The zero-order chi connectivity index (χ0) is 19.9. The van der Waals surface area contributed by atoms with Gasteiger partial charge in [0.2, 0.25) is 0 Å². The fourth-order valence-electron chi connectivity index (χ4n) is 2.65. The second-order valence-corrected chi connectivity index (χ2v) is 7.35. The number of anilines is 1. The number of carbonyl (C=O) groups excluding carboxylic acids is 2. The minimum absolute atomic E-state index is 0.0177. The first-order valence-electron chi connectivity index (χ1n) is 8.87. The third-order valence-electron chi connectivity index (χ3n) is 4.07. The van der Waals surface area contributed by atoms with E-state index in [0.29, 0.717) is 16.3 Å². The Morgan fingerprint density at radius 1 is 1.07 bits per heavy atom. The van der Waals surface area contributed by atoms with Crippen molar-refractivity contribution in [3.8, 4) is 5.75 Å². The lowest BCUT2D eigenvalue weighted by atomic mass is 10.1. The van der Waals surface area contributed by atoms with Gasteiger partial charge in [0.1, 0.15) is 5.75 Å². The van der Waals surface area contributed by atoms with Gasteiger partial charge in [0, 0.05) is 5.69 Å². The lowest BCUT2D eigenvalue weighted by Gasteiger charge is -2.10. The van der Waals surface area contributed by atoms with Gasteiger partial charge in [-0.2, -0.15) is 0 Å². The number of hydrogen-bond donors (Lipinski definition) is 1. The van der Waals surface area contributed by atoms with Gasteiger partial charge in [0.15, 0.2) is 12.4 Å². The Hall–Kier alpha value is -3.18. The summed E-state index contributed by atoms with van der Waals surface area (Å²) < 4.78 is 5.59. The second kappa shape index (κ2) is 9.15. The number of benzene rings is 2. The fourth-order valence-corrected chi connectivity index (χ4v) is 3.30. The summed E-state index contributed by atoms with van der Waals surface area (Å²) in [6.07, 6.45) is 3.31. The Balaban J connectivity index is 1.52. The van der Waals surface area contributed by atoms with Crippen molar-refractivity contribution in [1.82, 2.24) is 0 Å². The summed E-state index contributed by atoms with van der Waals surface area (Å²) in [4.78, 5) is 24.8. The van der Waals surface area contributed by atoms with E-state index in [9.17, 15) is 9.59 Å². The maximum atomic E-state index is 12.1. The van der Waals surface area contributed by atoms with Gasteiger partial charge in [-0.15, -0.1) is 11.3 Å². The van der Waals surface area contributed by atoms with Crippen molar-refractivity contribution < 1.29 is 14.3 Å². The summed E-state index contributed by atoms with van der Waals surface area (Å²) in [7, 11) is 0. The number of allylic oxidation sites excluding steroid dienone is 1. The Morgan fingerprint density at radius 3 is 2.54 bits per heavy atom. The predicted molar refractivity (Wildman–Crippen MR) is 114 cm³/mol. The number of hydrogen-bond acceptors (Lipinski definition) is 4. The Morgan fingerprint density at radius 2 is 1.86 bits per heavy atom. The number of aryl methyl sites for hydroxylation is 2. The molecule has 1 heterocycles. The maximum Gasteiger partial charge on any atom is 0.262 e.